The fraction of sp³-hybridized carbons (Fsp3) is 0.800. The summed E-state index contributed by atoms with van der Waals surface area (Å²) >= 11 is 0. The van der Waals surface area contributed by atoms with E-state index in [0.29, 0.717) is 12.8 Å². The highest BCUT2D eigenvalue weighted by atomic mass is 16.4. The average molecular weight is 296 g/mol. The maximum atomic E-state index is 12.2. The van der Waals surface area contributed by atoms with Crippen LogP contribution in [0.2, 0.25) is 0 Å². The predicted molar refractivity (Wildman–Crippen MR) is 76.5 cm³/mol. The van der Waals surface area contributed by atoms with Crippen molar-refractivity contribution in [2.45, 2.75) is 39.0 Å². The Morgan fingerprint density at radius 1 is 1.14 bits per heavy atom. The molecule has 0 radical (unpaired) electrons. The summed E-state index contributed by atoms with van der Waals surface area (Å²) < 4.78 is 0. The van der Waals surface area contributed by atoms with Crippen molar-refractivity contribution in [2.75, 3.05) is 19.6 Å². The molecule has 2 amide bonds. The molecule has 0 aromatic heterocycles. The normalized spacial score (nSPS) is 28.6. The van der Waals surface area contributed by atoms with Gasteiger partial charge in [0.2, 0.25) is 11.8 Å². The first kappa shape index (κ1) is 15.8. The summed E-state index contributed by atoms with van der Waals surface area (Å²) in [5.41, 5.74) is 0. The van der Waals surface area contributed by atoms with Gasteiger partial charge in [-0.3, -0.25) is 14.4 Å². The minimum atomic E-state index is -0.906. The van der Waals surface area contributed by atoms with Crippen LogP contribution in [0.5, 0.6) is 0 Å². The van der Waals surface area contributed by atoms with E-state index < -0.39 is 17.8 Å². The van der Waals surface area contributed by atoms with E-state index in [-0.39, 0.29) is 24.3 Å². The van der Waals surface area contributed by atoms with E-state index in [9.17, 15) is 19.5 Å². The zero-order valence-electron chi connectivity index (χ0n) is 12.5. The van der Waals surface area contributed by atoms with Crippen LogP contribution in [0.25, 0.3) is 0 Å². The van der Waals surface area contributed by atoms with Gasteiger partial charge in [0.25, 0.3) is 0 Å². The minimum Gasteiger partial charge on any atom is -0.481 e. The number of amides is 2. The Kier molecular flexibility index (Phi) is 5.20. The van der Waals surface area contributed by atoms with Crippen LogP contribution in [0.15, 0.2) is 0 Å². The van der Waals surface area contributed by atoms with Gasteiger partial charge in [0.15, 0.2) is 0 Å². The second-order valence-electron chi connectivity index (χ2n) is 6.10. The smallest absolute Gasteiger partial charge is 0.307 e. The van der Waals surface area contributed by atoms with Gasteiger partial charge in [-0.1, -0.05) is 13.3 Å². The van der Waals surface area contributed by atoms with Crippen molar-refractivity contribution in [1.82, 2.24) is 10.2 Å². The molecule has 3 atom stereocenters. The highest BCUT2D eigenvalue weighted by Crippen LogP contribution is 2.38. The molecule has 2 rings (SSSR count). The van der Waals surface area contributed by atoms with Crippen LogP contribution < -0.4 is 5.32 Å². The van der Waals surface area contributed by atoms with Crippen LogP contribution in [0.1, 0.15) is 39.0 Å². The van der Waals surface area contributed by atoms with E-state index in [1.54, 1.807) is 4.90 Å². The van der Waals surface area contributed by atoms with Gasteiger partial charge >= 0.3 is 5.97 Å². The van der Waals surface area contributed by atoms with Crippen LogP contribution in [0, 0.1) is 17.8 Å². The van der Waals surface area contributed by atoms with Gasteiger partial charge in [-0.15, -0.1) is 0 Å². The van der Waals surface area contributed by atoms with Gasteiger partial charge in [-0.25, -0.2) is 0 Å². The number of carboxylic acid groups (broad SMARTS) is 1. The predicted octanol–water partition coefficient (Wildman–Crippen LogP) is 0.862. The van der Waals surface area contributed by atoms with E-state index in [1.807, 2.05) is 6.92 Å². The summed E-state index contributed by atoms with van der Waals surface area (Å²) in [5, 5.41) is 11.9. The third-order valence-electron chi connectivity index (χ3n) is 4.76. The summed E-state index contributed by atoms with van der Waals surface area (Å²) in [5.74, 6) is -2.09. The average Bonchev–Trinajstić information content (AvgIpc) is 3.12. The second kappa shape index (κ2) is 6.91. The molecule has 1 saturated heterocycles. The van der Waals surface area contributed by atoms with Crippen molar-refractivity contribution in [2.24, 2.45) is 17.8 Å². The lowest BCUT2D eigenvalue weighted by molar-refractivity contribution is -0.146. The summed E-state index contributed by atoms with van der Waals surface area (Å²) in [4.78, 5) is 37.1. The van der Waals surface area contributed by atoms with Crippen molar-refractivity contribution in [3.63, 3.8) is 0 Å². The quantitative estimate of drug-likeness (QED) is 0.788. The SMILES string of the molecule is CCC1CC(C(=O)O)C(C(=O)NCC(=O)N2CCCC2)C1. The summed E-state index contributed by atoms with van der Waals surface area (Å²) in [6.07, 6.45) is 4.09. The van der Waals surface area contributed by atoms with E-state index in [0.717, 1.165) is 32.4 Å². The monoisotopic (exact) mass is 296 g/mol. The number of aliphatic carboxylic acids is 1. The highest BCUT2D eigenvalue weighted by Gasteiger charge is 2.42. The molecule has 0 bridgehead atoms. The maximum Gasteiger partial charge on any atom is 0.307 e. The molecule has 21 heavy (non-hydrogen) atoms. The number of nitrogens with zero attached hydrogens (tertiary/aromatic N) is 1. The van der Waals surface area contributed by atoms with Crippen molar-refractivity contribution in [3.05, 3.63) is 0 Å². The number of hydrogen-bond donors (Lipinski definition) is 2. The minimum absolute atomic E-state index is 0.0154. The first-order valence-corrected chi connectivity index (χ1v) is 7.81. The molecule has 1 aliphatic heterocycles. The largest absolute Gasteiger partial charge is 0.481 e. The van der Waals surface area contributed by atoms with E-state index in [1.165, 1.54) is 0 Å². The van der Waals surface area contributed by atoms with Gasteiger partial charge in [-0.2, -0.15) is 0 Å². The number of carboxylic acids is 1. The number of carbonyl (C=O) groups is 3. The number of carbonyl (C=O) groups excluding carboxylic acids is 2. The lowest BCUT2D eigenvalue weighted by Gasteiger charge is -2.18. The lowest BCUT2D eigenvalue weighted by atomic mass is 9.95. The molecule has 118 valence electrons. The van der Waals surface area contributed by atoms with Crippen LogP contribution >= 0.6 is 0 Å². The molecule has 1 heterocycles. The number of likely N-dealkylation sites (tertiary alicyclic amines) is 1. The van der Waals surface area contributed by atoms with E-state index in [2.05, 4.69) is 5.32 Å². The summed E-state index contributed by atoms with van der Waals surface area (Å²) in [6, 6.07) is 0. The van der Waals surface area contributed by atoms with Gasteiger partial charge in [0.1, 0.15) is 0 Å². The second-order valence-corrected chi connectivity index (χ2v) is 6.10. The molecular formula is C15H24N2O4. The van der Waals surface area contributed by atoms with Gasteiger partial charge in [-0.05, 0) is 31.6 Å². The molecule has 3 unspecified atom stereocenters. The molecule has 1 aliphatic carbocycles. The Morgan fingerprint density at radius 3 is 2.33 bits per heavy atom. The third-order valence-corrected chi connectivity index (χ3v) is 4.76. The Bertz CT molecular complexity index is 418. The zero-order valence-corrected chi connectivity index (χ0v) is 12.5. The molecule has 1 saturated carbocycles. The Labute approximate surface area is 124 Å². The first-order valence-electron chi connectivity index (χ1n) is 7.81. The number of nitrogens with one attached hydrogen (secondary N) is 1. The van der Waals surface area contributed by atoms with Crippen LogP contribution in [-0.2, 0) is 14.4 Å². The van der Waals surface area contributed by atoms with Gasteiger partial charge in [0.05, 0.1) is 18.4 Å². The third kappa shape index (κ3) is 3.74. The van der Waals surface area contributed by atoms with Crippen molar-refractivity contribution in [3.8, 4) is 0 Å². The van der Waals surface area contributed by atoms with Crippen molar-refractivity contribution < 1.29 is 19.5 Å². The summed E-state index contributed by atoms with van der Waals surface area (Å²) in [7, 11) is 0. The zero-order chi connectivity index (χ0) is 15.4. The molecule has 2 aliphatic rings. The van der Waals surface area contributed by atoms with Gasteiger partial charge in [0, 0.05) is 13.1 Å². The van der Waals surface area contributed by atoms with Crippen LogP contribution in [0.3, 0.4) is 0 Å². The highest BCUT2D eigenvalue weighted by molar-refractivity contribution is 5.89. The summed E-state index contributed by atoms with van der Waals surface area (Å²) in [6.45, 7) is 3.51. The fourth-order valence-electron chi connectivity index (χ4n) is 3.41. The van der Waals surface area contributed by atoms with Crippen LogP contribution in [-0.4, -0.2) is 47.4 Å². The molecule has 6 heteroatoms. The molecular weight excluding hydrogens is 272 g/mol. The Balaban J connectivity index is 1.86. The Hall–Kier alpha value is -1.59. The van der Waals surface area contributed by atoms with E-state index >= 15 is 0 Å². The van der Waals surface area contributed by atoms with Gasteiger partial charge < -0.3 is 15.3 Å². The molecule has 0 aromatic rings. The molecule has 2 N–H and O–H groups in total. The first-order chi connectivity index (χ1) is 10.0. The maximum absolute atomic E-state index is 12.2. The van der Waals surface area contributed by atoms with E-state index in [4.69, 9.17) is 0 Å². The molecule has 0 spiro atoms. The topological polar surface area (TPSA) is 86.7 Å². The molecule has 0 aromatic carbocycles. The molecule has 6 nitrogen and oxygen atoms in total. The standard InChI is InChI=1S/C15H24N2O4/c1-2-10-7-11(12(8-10)15(20)21)14(19)16-9-13(18)17-5-3-4-6-17/h10-12H,2-9H2,1H3,(H,16,19)(H,20,21). The number of rotatable bonds is 5. The fourth-order valence-corrected chi connectivity index (χ4v) is 3.41. The van der Waals surface area contributed by atoms with Crippen molar-refractivity contribution >= 4 is 17.8 Å². The van der Waals surface area contributed by atoms with Crippen molar-refractivity contribution in [1.29, 1.82) is 0 Å². The molecule has 2 fully saturated rings. The van der Waals surface area contributed by atoms with Crippen LogP contribution in [0.4, 0.5) is 0 Å². The Morgan fingerprint density at radius 2 is 1.76 bits per heavy atom. The lowest BCUT2D eigenvalue weighted by Crippen LogP contribution is -2.42. The number of hydrogen-bond acceptors (Lipinski definition) is 3.